The lowest BCUT2D eigenvalue weighted by molar-refractivity contribution is -0.0337. The first-order chi connectivity index (χ1) is 9.72. The molecule has 1 N–H and O–H groups in total. The molecule has 2 unspecified atom stereocenters. The van der Waals surface area contributed by atoms with E-state index in [2.05, 4.69) is 42.5 Å². The minimum atomic E-state index is 0.313. The number of para-hydroxylation sites is 2. The van der Waals surface area contributed by atoms with Crippen LogP contribution in [-0.2, 0) is 4.74 Å². The minimum Gasteiger partial charge on any atom is -0.380 e. The second-order valence-electron chi connectivity index (χ2n) is 5.54. The molecule has 0 saturated carbocycles. The van der Waals surface area contributed by atoms with E-state index >= 15 is 0 Å². The smallest absolute Gasteiger partial charge is 0.0876 e. The van der Waals surface area contributed by atoms with E-state index in [1.807, 2.05) is 23.0 Å². The Labute approximate surface area is 119 Å². The molecular weight excluding hydrogens is 250 g/mol. The first-order valence-corrected chi connectivity index (χ1v) is 7.23. The highest BCUT2D eigenvalue weighted by atomic mass is 16.5. The van der Waals surface area contributed by atoms with Crippen molar-refractivity contribution in [1.29, 1.82) is 0 Å². The van der Waals surface area contributed by atoms with Gasteiger partial charge in [0, 0.05) is 18.4 Å². The van der Waals surface area contributed by atoms with Crippen molar-refractivity contribution < 1.29 is 4.74 Å². The predicted octanol–water partition coefficient (Wildman–Crippen LogP) is 3.24. The summed E-state index contributed by atoms with van der Waals surface area (Å²) in [7, 11) is 0. The first-order valence-electron chi connectivity index (χ1n) is 7.23. The molecule has 1 aliphatic rings. The summed E-state index contributed by atoms with van der Waals surface area (Å²) >= 11 is 0. The highest BCUT2D eigenvalue weighted by Gasteiger charge is 2.24. The molecule has 2 aromatic rings. The van der Waals surface area contributed by atoms with Gasteiger partial charge < -0.3 is 10.1 Å². The van der Waals surface area contributed by atoms with Crippen LogP contribution in [0.2, 0.25) is 0 Å². The second kappa shape index (κ2) is 5.67. The molecule has 4 nitrogen and oxygen atoms in total. The zero-order valence-electron chi connectivity index (χ0n) is 12.0. The van der Waals surface area contributed by atoms with Crippen molar-refractivity contribution in [1.82, 2.24) is 9.78 Å². The van der Waals surface area contributed by atoms with Gasteiger partial charge in [-0.05, 0) is 44.9 Å². The maximum Gasteiger partial charge on any atom is 0.0876 e. The lowest BCUT2D eigenvalue weighted by Gasteiger charge is -2.33. The molecule has 0 aliphatic carbocycles. The fourth-order valence-electron chi connectivity index (χ4n) is 2.95. The van der Waals surface area contributed by atoms with Crippen molar-refractivity contribution in [2.24, 2.45) is 0 Å². The van der Waals surface area contributed by atoms with E-state index in [1.165, 1.54) is 0 Å². The largest absolute Gasteiger partial charge is 0.380 e. The van der Waals surface area contributed by atoms with Crippen LogP contribution in [-0.4, -0.2) is 28.0 Å². The van der Waals surface area contributed by atoms with Crippen LogP contribution >= 0.6 is 0 Å². The molecule has 1 aliphatic heterocycles. The molecule has 4 heteroatoms. The van der Waals surface area contributed by atoms with Crippen LogP contribution in [0.3, 0.4) is 0 Å². The Balaban J connectivity index is 1.81. The molecule has 1 fully saturated rings. The third kappa shape index (κ3) is 2.85. The quantitative estimate of drug-likeness (QED) is 0.931. The molecule has 0 radical (unpaired) electrons. The Kier molecular flexibility index (Phi) is 3.74. The lowest BCUT2D eigenvalue weighted by atomic mass is 9.99. The van der Waals surface area contributed by atoms with E-state index in [0.717, 1.165) is 24.2 Å². The van der Waals surface area contributed by atoms with Crippen molar-refractivity contribution in [3.05, 3.63) is 42.7 Å². The summed E-state index contributed by atoms with van der Waals surface area (Å²) in [5, 5.41) is 7.98. The Morgan fingerprint density at radius 3 is 2.60 bits per heavy atom. The molecule has 3 rings (SSSR count). The van der Waals surface area contributed by atoms with Crippen LogP contribution in [0, 0.1) is 0 Å². The monoisotopic (exact) mass is 271 g/mol. The van der Waals surface area contributed by atoms with Gasteiger partial charge in [-0.15, -0.1) is 0 Å². The molecule has 2 atom stereocenters. The fraction of sp³-hybridized carbons (Fsp3) is 0.438. The van der Waals surface area contributed by atoms with Crippen molar-refractivity contribution in [2.45, 2.75) is 44.9 Å². The van der Waals surface area contributed by atoms with E-state index in [-0.39, 0.29) is 0 Å². The van der Waals surface area contributed by atoms with Gasteiger partial charge in [-0.2, -0.15) is 5.10 Å². The Bertz CT molecular complexity index is 543. The Morgan fingerprint density at radius 1 is 1.15 bits per heavy atom. The number of aromatic nitrogens is 2. The molecular formula is C16H21N3O. The number of nitrogens with zero attached hydrogens (tertiary/aromatic N) is 2. The number of benzene rings is 1. The summed E-state index contributed by atoms with van der Waals surface area (Å²) in [6.45, 7) is 4.29. The zero-order chi connectivity index (χ0) is 13.9. The maximum atomic E-state index is 5.80. The fourth-order valence-corrected chi connectivity index (χ4v) is 2.95. The van der Waals surface area contributed by atoms with E-state index in [0.29, 0.717) is 18.2 Å². The highest BCUT2D eigenvalue weighted by molar-refractivity contribution is 5.61. The summed E-state index contributed by atoms with van der Waals surface area (Å²) in [6, 6.07) is 10.7. The molecule has 106 valence electrons. The summed E-state index contributed by atoms with van der Waals surface area (Å²) in [5.41, 5.74) is 2.21. The van der Waals surface area contributed by atoms with Crippen LogP contribution in [0.25, 0.3) is 5.69 Å². The molecule has 1 aromatic carbocycles. The summed E-state index contributed by atoms with van der Waals surface area (Å²) in [4.78, 5) is 0. The summed E-state index contributed by atoms with van der Waals surface area (Å²) < 4.78 is 7.70. The topological polar surface area (TPSA) is 39.1 Å². The van der Waals surface area contributed by atoms with Gasteiger partial charge in [0.2, 0.25) is 0 Å². The van der Waals surface area contributed by atoms with Crippen LogP contribution in [0.15, 0.2) is 42.7 Å². The van der Waals surface area contributed by atoms with Crippen molar-refractivity contribution >= 4 is 5.69 Å². The molecule has 1 aromatic heterocycles. The van der Waals surface area contributed by atoms with E-state index < -0.39 is 0 Å². The maximum absolute atomic E-state index is 5.80. The number of ether oxygens (including phenoxy) is 1. The van der Waals surface area contributed by atoms with Gasteiger partial charge in [0.25, 0.3) is 0 Å². The van der Waals surface area contributed by atoms with E-state index in [4.69, 9.17) is 4.74 Å². The van der Waals surface area contributed by atoms with Crippen LogP contribution in [0.4, 0.5) is 5.69 Å². The summed E-state index contributed by atoms with van der Waals surface area (Å²) in [5.74, 6) is 0. The van der Waals surface area contributed by atoms with Gasteiger partial charge in [0.05, 0.1) is 23.6 Å². The van der Waals surface area contributed by atoms with Gasteiger partial charge in [-0.3, -0.25) is 0 Å². The molecule has 20 heavy (non-hydrogen) atoms. The van der Waals surface area contributed by atoms with Crippen molar-refractivity contribution in [3.63, 3.8) is 0 Å². The number of anilines is 1. The molecule has 0 spiro atoms. The average Bonchev–Trinajstić information content (AvgIpc) is 2.92. The Hall–Kier alpha value is -1.81. The number of nitrogens with one attached hydrogen (secondary N) is 1. The SMILES string of the molecule is CC1CC(Nc2ccccc2-n2cccn2)CC(C)O1. The first kappa shape index (κ1) is 13.2. The number of hydrogen-bond acceptors (Lipinski definition) is 3. The van der Waals surface area contributed by atoms with E-state index in [9.17, 15) is 0 Å². The van der Waals surface area contributed by atoms with Crippen molar-refractivity contribution in [2.75, 3.05) is 5.32 Å². The normalized spacial score (nSPS) is 26.4. The standard InChI is InChI=1S/C16H21N3O/c1-12-10-14(11-13(2)20-12)18-15-6-3-4-7-16(15)19-9-5-8-17-19/h3-9,12-14,18H,10-11H2,1-2H3. The molecule has 0 bridgehead atoms. The van der Waals surface area contributed by atoms with Gasteiger partial charge in [-0.1, -0.05) is 12.1 Å². The molecule has 2 heterocycles. The van der Waals surface area contributed by atoms with Gasteiger partial charge in [-0.25, -0.2) is 4.68 Å². The average molecular weight is 271 g/mol. The molecule has 1 saturated heterocycles. The summed E-state index contributed by atoms with van der Waals surface area (Å²) in [6.07, 6.45) is 6.47. The number of rotatable bonds is 3. The third-order valence-corrected chi connectivity index (χ3v) is 3.71. The van der Waals surface area contributed by atoms with Crippen molar-refractivity contribution in [3.8, 4) is 5.69 Å². The minimum absolute atomic E-state index is 0.313. The zero-order valence-corrected chi connectivity index (χ0v) is 12.0. The van der Waals surface area contributed by atoms with E-state index in [1.54, 1.807) is 6.20 Å². The van der Waals surface area contributed by atoms with Gasteiger partial charge >= 0.3 is 0 Å². The molecule has 0 amide bonds. The van der Waals surface area contributed by atoms with Crippen LogP contribution in [0.5, 0.6) is 0 Å². The van der Waals surface area contributed by atoms with Gasteiger partial charge in [0.1, 0.15) is 0 Å². The second-order valence-corrected chi connectivity index (χ2v) is 5.54. The Morgan fingerprint density at radius 2 is 1.90 bits per heavy atom. The van der Waals surface area contributed by atoms with Crippen LogP contribution < -0.4 is 5.32 Å². The van der Waals surface area contributed by atoms with Crippen LogP contribution in [0.1, 0.15) is 26.7 Å². The lowest BCUT2D eigenvalue weighted by Crippen LogP contribution is -2.37. The van der Waals surface area contributed by atoms with Gasteiger partial charge in [0.15, 0.2) is 0 Å². The highest BCUT2D eigenvalue weighted by Crippen LogP contribution is 2.26. The predicted molar refractivity (Wildman–Crippen MR) is 80.2 cm³/mol. The number of hydrogen-bond donors (Lipinski definition) is 1. The third-order valence-electron chi connectivity index (χ3n) is 3.71.